The molecule has 0 aromatic rings. The third-order valence-electron chi connectivity index (χ3n) is 0. The van der Waals surface area contributed by atoms with Crippen LogP contribution in [0.5, 0.6) is 0 Å². The Morgan fingerprint density at radius 3 is 0.250 bits per heavy atom. The van der Waals surface area contributed by atoms with Crippen molar-refractivity contribution in [1.82, 2.24) is 0 Å². The zero-order valence-electron chi connectivity index (χ0n) is 18.1. The molecule has 0 spiro atoms. The quantitative estimate of drug-likeness (QED) is 0.161. The SMILES string of the molecule is O=[Se](=O)([O-])F.O=[Se](=O)([O-])F.O=[Se](=O)([O-])F.O=[Se](=O)([O-])F.O=[Se](=O)([O-])F.O=[Se](=O)([O-])F.[Li+].[Li+].[Li+].[Li+].[Li+].[Li+]. The van der Waals surface area contributed by atoms with Crippen molar-refractivity contribution in [2.75, 3.05) is 0 Å². The normalized spacial score (nSPS) is 9.67. The minimum absolute atomic E-state index is 0. The van der Waals surface area contributed by atoms with Crippen LogP contribution in [0.15, 0.2) is 0 Å². The molecule has 0 amide bonds. The molecule has 0 aliphatic heterocycles. The Labute approximate surface area is 282 Å². The van der Waals surface area contributed by atoms with Crippen LogP contribution >= 0.6 is 0 Å². The van der Waals surface area contributed by atoms with Crippen LogP contribution in [-0.2, 0) is 46.0 Å². The molecule has 0 atom stereocenters. The summed E-state index contributed by atoms with van der Waals surface area (Å²) in [6.07, 6.45) is 0. The van der Waals surface area contributed by atoms with Crippen LogP contribution in [0, 0.1) is 0 Å². The Morgan fingerprint density at radius 1 is 0.250 bits per heavy atom. The van der Waals surface area contributed by atoms with E-state index in [0.29, 0.717) is 0 Å². The van der Waals surface area contributed by atoms with E-state index in [-0.39, 0.29) is 113 Å². The molecule has 0 aromatic carbocycles. The maximum atomic E-state index is 10.2. The fourth-order valence-corrected chi connectivity index (χ4v) is 0. The molecule has 0 aliphatic carbocycles. The van der Waals surface area contributed by atoms with Gasteiger partial charge in [0.1, 0.15) is 0 Å². The molecule has 0 fully saturated rings. The molecule has 18 nitrogen and oxygen atoms in total. The Bertz CT molecular complexity index is 796. The Kier molecular flexibility index (Phi) is 75.0. The van der Waals surface area contributed by atoms with E-state index in [4.69, 9.17) is 71.1 Å². The number of hydrogen-bond acceptors (Lipinski definition) is 18. The maximum Gasteiger partial charge on any atom is 1.00 e. The van der Waals surface area contributed by atoms with Crippen molar-refractivity contribution >= 4 is 81.0 Å². The van der Waals surface area contributed by atoms with E-state index in [1.165, 1.54) is 0 Å². The van der Waals surface area contributed by atoms with Crippen molar-refractivity contribution in [1.29, 1.82) is 0 Å². The first-order chi connectivity index (χ1) is 12.0. The van der Waals surface area contributed by atoms with E-state index < -0.39 is 81.0 Å². The van der Waals surface area contributed by atoms with Gasteiger partial charge in [-0.05, 0) is 0 Å². The molecule has 0 heterocycles. The summed E-state index contributed by atoms with van der Waals surface area (Å²) in [6.45, 7) is 0. The molecular weight excluding hydrogens is 917 g/mol. The third-order valence-corrected chi connectivity index (χ3v) is 0. The van der Waals surface area contributed by atoms with Gasteiger partial charge in [0.15, 0.2) is 0 Å². The predicted molar refractivity (Wildman–Crippen MR) is 49.4 cm³/mol. The molecular formula is F6Li6O18Se6. The van der Waals surface area contributed by atoms with E-state index in [9.17, 15) is 21.3 Å². The van der Waals surface area contributed by atoms with Gasteiger partial charge in [0.25, 0.3) is 0 Å². The van der Waals surface area contributed by atoms with E-state index in [0.717, 1.165) is 0 Å². The van der Waals surface area contributed by atoms with Gasteiger partial charge in [0, 0.05) is 0 Å². The zero-order valence-corrected chi connectivity index (χ0v) is 28.3. The molecule has 0 bridgehead atoms. The summed E-state index contributed by atoms with van der Waals surface area (Å²) in [7, 11) is 0. The van der Waals surface area contributed by atoms with Crippen molar-refractivity contribution in [2.24, 2.45) is 0 Å². The van der Waals surface area contributed by atoms with Crippen molar-refractivity contribution in [3.05, 3.63) is 0 Å². The average Bonchev–Trinajstić information content (AvgIpc) is 1.94. The topological polar surface area (TPSA) is 343 Å². The Hall–Kier alpha value is 3.64. The monoisotopic (exact) mass is 923 g/mol. The van der Waals surface area contributed by atoms with Crippen LogP contribution in [0.2, 0.25) is 0 Å². The first kappa shape index (κ1) is 77.5. The van der Waals surface area contributed by atoms with Gasteiger partial charge in [-0.15, -0.1) is 0 Å². The fraction of sp³-hybridized carbons (Fsp3) is 0. The van der Waals surface area contributed by atoms with Gasteiger partial charge in [0.2, 0.25) is 0 Å². The van der Waals surface area contributed by atoms with E-state index in [1.54, 1.807) is 0 Å². The minimum Gasteiger partial charge on any atom is 1.00 e. The molecule has 0 aliphatic rings. The molecule has 0 rings (SSSR count). The van der Waals surface area contributed by atoms with Gasteiger partial charge in [-0.3, -0.25) is 0 Å². The largest absolute Gasteiger partial charge is 1.00 e. The van der Waals surface area contributed by atoms with Gasteiger partial charge in [0.05, 0.1) is 0 Å². The van der Waals surface area contributed by atoms with Crippen molar-refractivity contribution in [2.45, 2.75) is 0 Å². The second-order valence-corrected chi connectivity index (χ2v) is 12.3. The second-order valence-electron chi connectivity index (χ2n) is 2.36. The van der Waals surface area contributed by atoms with E-state index in [1.807, 2.05) is 0 Å². The molecule has 0 N–H and O–H groups in total. The van der Waals surface area contributed by atoms with Crippen molar-refractivity contribution in [3.63, 3.8) is 0 Å². The summed E-state index contributed by atoms with van der Waals surface area (Å²) in [6, 6.07) is 0. The molecule has 192 valence electrons. The first-order valence-corrected chi connectivity index (χ1v) is 20.4. The molecule has 0 saturated carbocycles. The van der Waals surface area contributed by atoms with Crippen LogP contribution < -0.4 is 138 Å². The summed E-state index contributed by atoms with van der Waals surface area (Å²) < 4.78 is 214. The number of rotatable bonds is 0. The molecule has 0 aromatic heterocycles. The summed E-state index contributed by atoms with van der Waals surface area (Å²) in [5, 5.41) is 0. The fourth-order valence-electron chi connectivity index (χ4n) is 0. The summed E-state index contributed by atoms with van der Waals surface area (Å²) in [5.74, 6) is 0. The zero-order chi connectivity index (χ0) is 27.0. The van der Waals surface area contributed by atoms with Gasteiger partial charge >= 0.3 is 287 Å². The van der Waals surface area contributed by atoms with Crippen LogP contribution in [0.3, 0.4) is 0 Å². The standard InChI is InChI=1S/6FHO3Se.6Li/c6*1-5(2,3)4;;;;;;/h6*(H,2,3,4);;;;;;/q;;;;;;6*+1/p-6. The van der Waals surface area contributed by atoms with Crippen molar-refractivity contribution in [3.8, 4) is 0 Å². The third kappa shape index (κ3) is 3810. The van der Waals surface area contributed by atoms with Crippen LogP contribution in [-0.4, -0.2) is 81.0 Å². The van der Waals surface area contributed by atoms with E-state index in [2.05, 4.69) is 0 Å². The van der Waals surface area contributed by atoms with Gasteiger partial charge in [-0.2, -0.15) is 0 Å². The first-order valence-electron chi connectivity index (χ1n) is 3.93. The molecule has 0 radical (unpaired) electrons. The molecule has 36 heavy (non-hydrogen) atoms. The van der Waals surface area contributed by atoms with Gasteiger partial charge in [-0.1, -0.05) is 0 Å². The average molecular weight is 917 g/mol. The second kappa shape index (κ2) is 34.8. The van der Waals surface area contributed by atoms with Gasteiger partial charge in [-0.25, -0.2) is 0 Å². The van der Waals surface area contributed by atoms with E-state index >= 15 is 0 Å². The summed E-state index contributed by atoms with van der Waals surface area (Å²) in [4.78, 5) is 0. The number of hydrogen-bond donors (Lipinski definition) is 0. The number of halogens is 6. The summed E-state index contributed by atoms with van der Waals surface area (Å²) in [5.41, 5.74) is 0. The molecule has 0 saturated heterocycles. The predicted octanol–water partition coefficient (Wildman–Crippen LogP) is -26.3. The van der Waals surface area contributed by atoms with Crippen LogP contribution in [0.25, 0.3) is 0 Å². The maximum absolute atomic E-state index is 10.2. The van der Waals surface area contributed by atoms with Crippen molar-refractivity contribution < 1.29 is 206 Å². The Morgan fingerprint density at radius 2 is 0.250 bits per heavy atom. The summed E-state index contributed by atoms with van der Waals surface area (Å²) >= 11 is -36.0. The molecule has 36 heteroatoms. The Balaban J connectivity index is -0.0000000186. The van der Waals surface area contributed by atoms with Crippen LogP contribution in [0.4, 0.5) is 21.3 Å². The van der Waals surface area contributed by atoms with Gasteiger partial charge < -0.3 is 0 Å². The van der Waals surface area contributed by atoms with Crippen LogP contribution in [0.1, 0.15) is 0 Å². The molecule has 0 unspecified atom stereocenters. The smallest absolute Gasteiger partial charge is 1.00 e. The minimum atomic E-state index is -6.00.